The quantitative estimate of drug-likeness (QED) is 0.551. The number of aromatic hydroxyl groups is 1. The van der Waals surface area contributed by atoms with Gasteiger partial charge in [-0.2, -0.15) is 0 Å². The summed E-state index contributed by atoms with van der Waals surface area (Å²) in [6.45, 7) is -0.0310. The van der Waals surface area contributed by atoms with E-state index in [0.717, 1.165) is 31.1 Å². The maximum Gasteiger partial charge on any atom is 0.322 e. The van der Waals surface area contributed by atoms with Gasteiger partial charge < -0.3 is 19.7 Å². The summed E-state index contributed by atoms with van der Waals surface area (Å²) in [5, 5.41) is 25.6. The van der Waals surface area contributed by atoms with E-state index in [9.17, 15) is 14.7 Å². The first-order chi connectivity index (χ1) is 14.5. The van der Waals surface area contributed by atoms with Crippen LogP contribution in [-0.2, 0) is 16.9 Å². The lowest BCUT2D eigenvalue weighted by molar-refractivity contribution is -0.125. The molecule has 10 nitrogen and oxygen atoms in total. The zero-order valence-electron chi connectivity index (χ0n) is 16.5. The highest BCUT2D eigenvalue weighted by Crippen LogP contribution is 2.35. The van der Waals surface area contributed by atoms with Gasteiger partial charge in [0, 0.05) is 17.0 Å². The minimum absolute atomic E-state index is 0.0274. The molecule has 5 rings (SSSR count). The van der Waals surface area contributed by atoms with Crippen molar-refractivity contribution in [1.29, 1.82) is 0 Å². The number of nitrogens with zero attached hydrogens (tertiary/aromatic N) is 4. The van der Waals surface area contributed by atoms with Crippen LogP contribution in [0.2, 0.25) is 0 Å². The number of ether oxygens (including phenoxy) is 1. The molecule has 0 spiro atoms. The van der Waals surface area contributed by atoms with Crippen molar-refractivity contribution in [2.24, 2.45) is 0 Å². The van der Waals surface area contributed by atoms with Crippen LogP contribution in [0.4, 0.5) is 4.79 Å². The fourth-order valence-electron chi connectivity index (χ4n) is 4.41. The van der Waals surface area contributed by atoms with E-state index in [-0.39, 0.29) is 18.5 Å². The Labute approximate surface area is 171 Å². The van der Waals surface area contributed by atoms with Gasteiger partial charge in [0.25, 0.3) is 5.91 Å². The number of benzene rings is 1. The number of imide groups is 1. The standard InChI is InChI=1S/C20H22N6O4/c1-30-14-7-6-12-9-25(17(27)15(12)8-14)11-20(18(28)21-19(29)22-20)16-10-26(24-23-16)13-4-2-3-5-13/h6-10,13,27H,2-5,11H2,1H3,(H2,21,22,28,29)/t20-/m0/s1. The normalized spacial score (nSPS) is 21.9. The molecule has 0 bridgehead atoms. The number of methoxy groups -OCH3 is 1. The molecule has 156 valence electrons. The molecule has 1 aliphatic heterocycles. The van der Waals surface area contributed by atoms with Gasteiger partial charge in [-0.3, -0.25) is 10.1 Å². The first-order valence-corrected chi connectivity index (χ1v) is 9.92. The number of aromatic nitrogens is 4. The maximum absolute atomic E-state index is 12.9. The van der Waals surface area contributed by atoms with E-state index in [2.05, 4.69) is 20.9 Å². The Morgan fingerprint density at radius 3 is 2.77 bits per heavy atom. The molecule has 3 aromatic rings. The van der Waals surface area contributed by atoms with Gasteiger partial charge in [-0.15, -0.1) is 5.10 Å². The first kappa shape index (κ1) is 18.5. The third-order valence-electron chi connectivity index (χ3n) is 6.06. The van der Waals surface area contributed by atoms with Crippen LogP contribution in [0.15, 0.2) is 30.6 Å². The number of rotatable bonds is 5. The largest absolute Gasteiger partial charge is 0.497 e. The van der Waals surface area contributed by atoms with E-state index in [1.54, 1.807) is 36.3 Å². The monoisotopic (exact) mass is 410 g/mol. The Bertz CT molecular complexity index is 1150. The molecule has 3 N–H and O–H groups in total. The van der Waals surface area contributed by atoms with Crippen LogP contribution < -0.4 is 15.4 Å². The molecule has 1 saturated heterocycles. The maximum atomic E-state index is 12.9. The van der Waals surface area contributed by atoms with Gasteiger partial charge in [-0.1, -0.05) is 18.1 Å². The van der Waals surface area contributed by atoms with Crippen LogP contribution in [-0.4, -0.2) is 43.7 Å². The molecule has 10 heteroatoms. The number of carbonyl (C=O) groups is 2. The molecule has 3 amide bonds. The van der Waals surface area contributed by atoms with Crippen molar-refractivity contribution < 1.29 is 19.4 Å². The lowest BCUT2D eigenvalue weighted by atomic mass is 9.95. The van der Waals surface area contributed by atoms with Crippen LogP contribution >= 0.6 is 0 Å². The average Bonchev–Trinajstić information content (AvgIpc) is 3.51. The fraction of sp³-hybridized carbons (Fsp3) is 0.400. The third-order valence-corrected chi connectivity index (χ3v) is 6.06. The van der Waals surface area contributed by atoms with Crippen molar-refractivity contribution in [3.05, 3.63) is 36.3 Å². The average molecular weight is 410 g/mol. The van der Waals surface area contributed by atoms with Crippen LogP contribution in [0.25, 0.3) is 10.8 Å². The second-order valence-corrected chi connectivity index (χ2v) is 7.87. The summed E-state index contributed by atoms with van der Waals surface area (Å²) in [5.74, 6) is 0.0535. The van der Waals surface area contributed by atoms with E-state index in [0.29, 0.717) is 16.8 Å². The second kappa shape index (κ2) is 6.75. The van der Waals surface area contributed by atoms with Crippen molar-refractivity contribution in [3.63, 3.8) is 0 Å². The van der Waals surface area contributed by atoms with E-state index < -0.39 is 17.5 Å². The molecule has 2 aromatic heterocycles. The van der Waals surface area contributed by atoms with Gasteiger partial charge in [0.05, 0.1) is 25.9 Å². The number of hydrogen-bond donors (Lipinski definition) is 3. The van der Waals surface area contributed by atoms with Crippen LogP contribution in [0, 0.1) is 0 Å². The third kappa shape index (κ3) is 2.78. The van der Waals surface area contributed by atoms with Crippen LogP contribution in [0.5, 0.6) is 11.6 Å². The molecular weight excluding hydrogens is 388 g/mol. The minimum atomic E-state index is -1.47. The predicted molar refractivity (Wildman–Crippen MR) is 106 cm³/mol. The molecule has 1 atom stereocenters. The molecule has 2 aliphatic rings. The van der Waals surface area contributed by atoms with Crippen molar-refractivity contribution in [2.75, 3.05) is 7.11 Å². The minimum Gasteiger partial charge on any atom is -0.497 e. The summed E-state index contributed by atoms with van der Waals surface area (Å²) in [4.78, 5) is 24.9. The summed E-state index contributed by atoms with van der Waals surface area (Å²) < 4.78 is 8.54. The van der Waals surface area contributed by atoms with E-state index in [1.165, 1.54) is 4.57 Å². The Morgan fingerprint density at radius 2 is 2.07 bits per heavy atom. The molecule has 1 aliphatic carbocycles. The van der Waals surface area contributed by atoms with Gasteiger partial charge in [0.1, 0.15) is 11.4 Å². The number of hydrogen-bond acceptors (Lipinski definition) is 6. The Balaban J connectivity index is 1.56. The summed E-state index contributed by atoms with van der Waals surface area (Å²) in [5.41, 5.74) is -1.13. The van der Waals surface area contributed by atoms with Crippen molar-refractivity contribution in [3.8, 4) is 11.6 Å². The summed E-state index contributed by atoms with van der Waals surface area (Å²) >= 11 is 0. The van der Waals surface area contributed by atoms with Crippen LogP contribution in [0.3, 0.4) is 0 Å². The molecule has 1 aromatic carbocycles. The van der Waals surface area contributed by atoms with Gasteiger partial charge in [-0.05, 0) is 31.0 Å². The SMILES string of the molecule is COc1ccc2cn(C[C@@]3(c4cn(C5CCCC5)nn4)NC(=O)NC3=O)c(O)c2c1. The smallest absolute Gasteiger partial charge is 0.322 e. The first-order valence-electron chi connectivity index (χ1n) is 9.92. The topological polar surface area (TPSA) is 123 Å². The summed E-state index contributed by atoms with van der Waals surface area (Å²) in [7, 11) is 1.55. The fourth-order valence-corrected chi connectivity index (χ4v) is 4.41. The lowest BCUT2D eigenvalue weighted by Crippen LogP contribution is -2.47. The van der Waals surface area contributed by atoms with E-state index in [1.807, 2.05) is 6.07 Å². The Hall–Kier alpha value is -3.56. The molecule has 2 fully saturated rings. The molecule has 0 radical (unpaired) electrons. The van der Waals surface area contributed by atoms with Crippen LogP contribution in [0.1, 0.15) is 37.4 Å². The highest BCUT2D eigenvalue weighted by molar-refractivity contribution is 6.07. The predicted octanol–water partition coefficient (Wildman–Crippen LogP) is 1.80. The van der Waals surface area contributed by atoms with E-state index in [4.69, 9.17) is 4.74 Å². The molecule has 0 unspecified atom stereocenters. The van der Waals surface area contributed by atoms with Crippen molar-refractivity contribution in [1.82, 2.24) is 30.2 Å². The number of urea groups is 1. The van der Waals surface area contributed by atoms with Crippen molar-refractivity contribution in [2.45, 2.75) is 43.8 Å². The Morgan fingerprint density at radius 1 is 1.27 bits per heavy atom. The van der Waals surface area contributed by atoms with Gasteiger partial charge in [-0.25, -0.2) is 9.48 Å². The highest BCUT2D eigenvalue weighted by atomic mass is 16.5. The van der Waals surface area contributed by atoms with Gasteiger partial charge >= 0.3 is 6.03 Å². The summed E-state index contributed by atoms with van der Waals surface area (Å²) in [6.07, 6.45) is 7.75. The van der Waals surface area contributed by atoms with Gasteiger partial charge in [0.15, 0.2) is 11.4 Å². The molecule has 3 heterocycles. The van der Waals surface area contributed by atoms with Gasteiger partial charge in [0.2, 0.25) is 0 Å². The zero-order chi connectivity index (χ0) is 20.9. The molecular formula is C20H22N6O4. The lowest BCUT2D eigenvalue weighted by Gasteiger charge is -2.24. The number of nitrogens with one attached hydrogen (secondary N) is 2. The number of carbonyl (C=O) groups excluding carboxylic acids is 2. The molecule has 1 saturated carbocycles. The number of fused-ring (bicyclic) bond motifs is 1. The van der Waals surface area contributed by atoms with Crippen molar-refractivity contribution >= 4 is 22.7 Å². The Kier molecular flexibility index (Phi) is 4.16. The molecule has 30 heavy (non-hydrogen) atoms. The zero-order valence-corrected chi connectivity index (χ0v) is 16.5. The van der Waals surface area contributed by atoms with E-state index >= 15 is 0 Å². The highest BCUT2D eigenvalue weighted by Gasteiger charge is 2.51. The summed E-state index contributed by atoms with van der Waals surface area (Å²) in [6, 6.07) is 4.98. The number of amides is 3. The second-order valence-electron chi connectivity index (χ2n) is 7.87.